The number of carbonyl (C=O) groups is 1. The van der Waals surface area contributed by atoms with E-state index in [0.29, 0.717) is 46.8 Å². The summed E-state index contributed by atoms with van der Waals surface area (Å²) in [4.78, 5) is 38.5. The summed E-state index contributed by atoms with van der Waals surface area (Å²) < 4.78 is 14.9. The van der Waals surface area contributed by atoms with E-state index in [-0.39, 0.29) is 11.7 Å². The van der Waals surface area contributed by atoms with Crippen LogP contribution in [0.5, 0.6) is 0 Å². The molecule has 1 amide bonds. The highest BCUT2D eigenvalue weighted by molar-refractivity contribution is 7.98. The topological polar surface area (TPSA) is 84.0 Å². The molecule has 0 aliphatic rings. The molecule has 0 radical (unpaired) electrons. The van der Waals surface area contributed by atoms with Gasteiger partial charge >= 0.3 is 11.1 Å². The second kappa shape index (κ2) is 8.88. The standard InChI is InChI=1S/C20H20FN3O3S/c1-2-24-17-8-7-13(11-16(17)23-19(26)20(24)27)18(25)22-9-10-28-12-14-5-3-4-6-15(14)21/h3-8,11H,2,9-10,12H2,1H3,(H,22,25)(H,23,26). The number of carbonyl (C=O) groups excluding carboxylic acids is 1. The molecule has 0 saturated carbocycles. The Labute approximate surface area is 164 Å². The lowest BCUT2D eigenvalue weighted by molar-refractivity contribution is 0.0956. The molecule has 0 saturated heterocycles. The van der Waals surface area contributed by atoms with Crippen LogP contribution in [0.25, 0.3) is 11.0 Å². The third kappa shape index (κ3) is 4.33. The molecule has 6 nitrogen and oxygen atoms in total. The fourth-order valence-corrected chi connectivity index (χ4v) is 3.72. The van der Waals surface area contributed by atoms with Crippen LogP contribution >= 0.6 is 11.8 Å². The molecule has 2 aromatic carbocycles. The highest BCUT2D eigenvalue weighted by Crippen LogP contribution is 2.15. The Hall–Kier alpha value is -2.87. The van der Waals surface area contributed by atoms with Crippen LogP contribution in [-0.2, 0) is 12.3 Å². The van der Waals surface area contributed by atoms with E-state index in [1.165, 1.54) is 22.4 Å². The molecule has 1 aromatic heterocycles. The quantitative estimate of drug-likeness (QED) is 0.471. The van der Waals surface area contributed by atoms with Crippen LogP contribution < -0.4 is 16.4 Å². The summed E-state index contributed by atoms with van der Waals surface area (Å²) in [7, 11) is 0. The SMILES string of the molecule is CCn1c(=O)c(=O)[nH]c2cc(C(=O)NCCSCc3ccccc3F)ccc21. The first-order valence-electron chi connectivity index (χ1n) is 8.87. The average molecular weight is 401 g/mol. The van der Waals surface area contributed by atoms with Crippen LogP contribution in [0.15, 0.2) is 52.1 Å². The minimum absolute atomic E-state index is 0.227. The number of amides is 1. The van der Waals surface area contributed by atoms with E-state index >= 15 is 0 Å². The number of hydrogen-bond acceptors (Lipinski definition) is 4. The van der Waals surface area contributed by atoms with Gasteiger partial charge in [-0.1, -0.05) is 18.2 Å². The molecule has 0 bridgehead atoms. The minimum Gasteiger partial charge on any atom is -0.351 e. The van der Waals surface area contributed by atoms with Crippen LogP contribution in [0.1, 0.15) is 22.8 Å². The second-order valence-corrected chi connectivity index (χ2v) is 7.24. The predicted molar refractivity (Wildman–Crippen MR) is 109 cm³/mol. The number of thioether (sulfide) groups is 1. The average Bonchev–Trinajstić information content (AvgIpc) is 2.69. The Morgan fingerprint density at radius 2 is 2.00 bits per heavy atom. The van der Waals surface area contributed by atoms with Gasteiger partial charge in [0.05, 0.1) is 11.0 Å². The number of nitrogens with one attached hydrogen (secondary N) is 2. The molecule has 0 atom stereocenters. The van der Waals surface area contributed by atoms with Gasteiger partial charge in [-0.25, -0.2) is 4.39 Å². The lowest BCUT2D eigenvalue weighted by atomic mass is 10.1. The van der Waals surface area contributed by atoms with E-state index in [0.717, 1.165) is 0 Å². The third-order valence-electron chi connectivity index (χ3n) is 4.30. The van der Waals surface area contributed by atoms with Crippen molar-refractivity contribution in [3.8, 4) is 0 Å². The van der Waals surface area contributed by atoms with Gasteiger partial charge in [-0.2, -0.15) is 11.8 Å². The van der Waals surface area contributed by atoms with Crippen molar-refractivity contribution in [2.75, 3.05) is 12.3 Å². The number of halogens is 1. The number of aromatic amines is 1. The van der Waals surface area contributed by atoms with Crippen molar-refractivity contribution in [2.45, 2.75) is 19.2 Å². The Morgan fingerprint density at radius 1 is 1.21 bits per heavy atom. The molecule has 0 unspecified atom stereocenters. The van der Waals surface area contributed by atoms with Gasteiger partial charge in [-0.15, -0.1) is 0 Å². The lowest BCUT2D eigenvalue weighted by Crippen LogP contribution is -2.36. The molecule has 146 valence electrons. The number of aryl methyl sites for hydroxylation is 1. The lowest BCUT2D eigenvalue weighted by Gasteiger charge is -2.09. The molecule has 0 fully saturated rings. The zero-order chi connectivity index (χ0) is 20.1. The Morgan fingerprint density at radius 3 is 2.75 bits per heavy atom. The predicted octanol–water partition coefficient (Wildman–Crippen LogP) is 2.51. The number of rotatable bonds is 7. The first-order chi connectivity index (χ1) is 13.5. The second-order valence-electron chi connectivity index (χ2n) is 6.14. The van der Waals surface area contributed by atoms with Crippen molar-refractivity contribution < 1.29 is 9.18 Å². The van der Waals surface area contributed by atoms with Gasteiger partial charge < -0.3 is 14.9 Å². The molecule has 3 rings (SSSR count). The van der Waals surface area contributed by atoms with Crippen molar-refractivity contribution in [1.82, 2.24) is 14.9 Å². The van der Waals surface area contributed by atoms with Gasteiger partial charge in [0.25, 0.3) is 5.91 Å². The molecular formula is C20H20FN3O3S. The van der Waals surface area contributed by atoms with Gasteiger partial charge in [-0.3, -0.25) is 14.4 Å². The highest BCUT2D eigenvalue weighted by atomic mass is 32.2. The van der Waals surface area contributed by atoms with E-state index in [1.54, 1.807) is 43.3 Å². The van der Waals surface area contributed by atoms with Crippen LogP contribution in [-0.4, -0.2) is 27.8 Å². The van der Waals surface area contributed by atoms with E-state index in [1.807, 2.05) is 0 Å². The number of nitrogens with zero attached hydrogens (tertiary/aromatic N) is 1. The van der Waals surface area contributed by atoms with Crippen molar-refractivity contribution in [3.05, 3.63) is 80.1 Å². The summed E-state index contributed by atoms with van der Waals surface area (Å²) in [6.07, 6.45) is 0. The molecule has 2 N–H and O–H groups in total. The Bertz CT molecular complexity index is 1120. The summed E-state index contributed by atoms with van der Waals surface area (Å²) in [6, 6.07) is 11.5. The highest BCUT2D eigenvalue weighted by Gasteiger charge is 2.10. The Balaban J connectivity index is 1.61. The zero-order valence-corrected chi connectivity index (χ0v) is 16.1. The van der Waals surface area contributed by atoms with E-state index in [9.17, 15) is 18.8 Å². The molecule has 0 aliphatic heterocycles. The smallest absolute Gasteiger partial charge is 0.316 e. The maximum Gasteiger partial charge on any atom is 0.316 e. The third-order valence-corrected chi connectivity index (χ3v) is 5.31. The normalized spacial score (nSPS) is 10.9. The number of H-pyrrole nitrogens is 1. The van der Waals surface area contributed by atoms with Crippen LogP contribution in [0, 0.1) is 5.82 Å². The van der Waals surface area contributed by atoms with Gasteiger partial charge in [0.2, 0.25) is 0 Å². The van der Waals surface area contributed by atoms with Gasteiger partial charge in [0.1, 0.15) is 5.82 Å². The number of hydrogen-bond donors (Lipinski definition) is 2. The maximum absolute atomic E-state index is 13.6. The summed E-state index contributed by atoms with van der Waals surface area (Å²) in [6.45, 7) is 2.57. The summed E-state index contributed by atoms with van der Waals surface area (Å²) in [5.74, 6) is 0.673. The van der Waals surface area contributed by atoms with Crippen molar-refractivity contribution in [2.24, 2.45) is 0 Å². The van der Waals surface area contributed by atoms with Gasteiger partial charge in [0, 0.05) is 30.2 Å². The molecule has 3 aromatic rings. The molecule has 28 heavy (non-hydrogen) atoms. The molecule has 8 heteroatoms. The number of fused-ring (bicyclic) bond motifs is 1. The first kappa shape index (κ1) is 19.9. The zero-order valence-electron chi connectivity index (χ0n) is 15.3. The van der Waals surface area contributed by atoms with E-state index < -0.39 is 11.1 Å². The molecule has 0 spiro atoms. The fourth-order valence-electron chi connectivity index (χ4n) is 2.87. The van der Waals surface area contributed by atoms with E-state index in [4.69, 9.17) is 0 Å². The monoisotopic (exact) mass is 401 g/mol. The summed E-state index contributed by atoms with van der Waals surface area (Å²) in [5.41, 5.74) is 0.718. The van der Waals surface area contributed by atoms with Crippen molar-refractivity contribution >= 4 is 28.7 Å². The van der Waals surface area contributed by atoms with Crippen LogP contribution in [0.4, 0.5) is 4.39 Å². The van der Waals surface area contributed by atoms with Crippen molar-refractivity contribution in [3.63, 3.8) is 0 Å². The maximum atomic E-state index is 13.6. The summed E-state index contributed by atoms with van der Waals surface area (Å²) in [5, 5.41) is 2.81. The molecule has 0 aliphatic carbocycles. The Kier molecular flexibility index (Phi) is 6.30. The van der Waals surface area contributed by atoms with Crippen LogP contribution in [0.2, 0.25) is 0 Å². The van der Waals surface area contributed by atoms with Crippen molar-refractivity contribution in [1.29, 1.82) is 0 Å². The minimum atomic E-state index is -0.712. The first-order valence-corrected chi connectivity index (χ1v) is 10.0. The molecule has 1 heterocycles. The van der Waals surface area contributed by atoms with Gasteiger partial charge in [0.15, 0.2) is 0 Å². The fraction of sp³-hybridized carbons (Fsp3) is 0.250. The largest absolute Gasteiger partial charge is 0.351 e. The van der Waals surface area contributed by atoms with Crippen LogP contribution in [0.3, 0.4) is 0 Å². The molecular weight excluding hydrogens is 381 g/mol. The van der Waals surface area contributed by atoms with E-state index in [2.05, 4.69) is 10.3 Å². The number of aromatic nitrogens is 2. The summed E-state index contributed by atoms with van der Waals surface area (Å²) >= 11 is 1.53. The van der Waals surface area contributed by atoms with Gasteiger partial charge in [-0.05, 0) is 36.8 Å². The number of benzene rings is 2.